The van der Waals surface area contributed by atoms with Gasteiger partial charge < -0.3 is 20.4 Å². The fourth-order valence-corrected chi connectivity index (χ4v) is 2.96. The smallest absolute Gasteiger partial charge is 0.323 e. The maximum Gasteiger partial charge on any atom is 0.323 e. The summed E-state index contributed by atoms with van der Waals surface area (Å²) in [5.74, 6) is 1.31. The average Bonchev–Trinajstić information content (AvgIpc) is 3.30. The normalized spacial score (nSPS) is 10.4. The van der Waals surface area contributed by atoms with Crippen LogP contribution in [0.4, 0.5) is 16.2 Å². The van der Waals surface area contributed by atoms with Gasteiger partial charge in [0.05, 0.1) is 0 Å². The minimum Gasteiger partial charge on any atom is -0.457 e. The molecule has 0 fully saturated rings. The zero-order valence-corrected chi connectivity index (χ0v) is 16.8. The summed E-state index contributed by atoms with van der Waals surface area (Å²) in [7, 11) is 0. The Balaban J connectivity index is 1.34. The van der Waals surface area contributed by atoms with Crippen LogP contribution in [0.25, 0.3) is 0 Å². The van der Waals surface area contributed by atoms with Crippen LogP contribution in [0.15, 0.2) is 85.2 Å². The molecule has 3 aromatic carbocycles. The van der Waals surface area contributed by atoms with Gasteiger partial charge in [0.15, 0.2) is 5.82 Å². The van der Waals surface area contributed by atoms with Gasteiger partial charge in [0.2, 0.25) is 5.78 Å². The van der Waals surface area contributed by atoms with Crippen molar-refractivity contribution in [1.82, 2.24) is 9.97 Å². The summed E-state index contributed by atoms with van der Waals surface area (Å²) in [6, 6.07) is 21.1. The number of carbonyl (C=O) groups is 2. The number of H-pyrrole nitrogens is 1. The molecule has 0 aliphatic carbocycles. The number of ketones is 1. The number of aryl methyl sites for hydroxylation is 1. The number of nitrogens with zero attached hydrogens (tertiary/aromatic N) is 1. The predicted molar refractivity (Wildman–Crippen MR) is 119 cm³/mol. The number of hydrogen-bond donors (Lipinski definition) is 3. The summed E-state index contributed by atoms with van der Waals surface area (Å²) < 4.78 is 5.81. The van der Waals surface area contributed by atoms with E-state index in [4.69, 9.17) is 4.74 Å². The molecule has 0 saturated carbocycles. The largest absolute Gasteiger partial charge is 0.457 e. The second kappa shape index (κ2) is 8.96. The number of carbonyl (C=O) groups excluding carboxylic acids is 2. The Hall–Kier alpha value is -4.39. The van der Waals surface area contributed by atoms with Crippen LogP contribution >= 0.6 is 0 Å². The third-order valence-electron chi connectivity index (χ3n) is 4.45. The first-order chi connectivity index (χ1) is 15.1. The SMILES string of the molecule is Cc1cccc(NC(=O)Nc2ccc(Oc3ccc(C(=O)c4ncc[nH]4)cc3)cc2)c1. The zero-order chi connectivity index (χ0) is 21.6. The standard InChI is InChI=1S/C24H20N4O3/c1-16-3-2-4-19(15-16)28-24(30)27-18-7-11-21(12-8-18)31-20-9-5-17(6-10-20)22(29)23-25-13-14-26-23/h2-15H,1H3,(H,25,26)(H2,27,28,30). The van der Waals surface area contributed by atoms with Crippen molar-refractivity contribution < 1.29 is 14.3 Å². The molecule has 0 spiro atoms. The third kappa shape index (κ3) is 5.16. The van der Waals surface area contributed by atoms with Gasteiger partial charge in [-0.05, 0) is 73.2 Å². The van der Waals surface area contributed by atoms with Crippen LogP contribution in [-0.4, -0.2) is 21.8 Å². The van der Waals surface area contributed by atoms with Gasteiger partial charge in [0, 0.05) is 29.3 Å². The highest BCUT2D eigenvalue weighted by Gasteiger charge is 2.11. The molecule has 7 nitrogen and oxygen atoms in total. The number of imidazole rings is 1. The quantitative estimate of drug-likeness (QED) is 0.370. The summed E-state index contributed by atoms with van der Waals surface area (Å²) in [5, 5.41) is 5.58. The van der Waals surface area contributed by atoms with E-state index < -0.39 is 0 Å². The van der Waals surface area contributed by atoms with E-state index >= 15 is 0 Å². The number of aromatic amines is 1. The number of hydrogen-bond acceptors (Lipinski definition) is 4. The maximum absolute atomic E-state index is 12.3. The topological polar surface area (TPSA) is 96.1 Å². The number of anilines is 2. The van der Waals surface area contributed by atoms with Gasteiger partial charge in [-0.3, -0.25) is 4.79 Å². The summed E-state index contributed by atoms with van der Waals surface area (Å²) >= 11 is 0. The first kappa shape index (κ1) is 19.9. The molecule has 0 unspecified atom stereocenters. The van der Waals surface area contributed by atoms with Crippen molar-refractivity contribution in [1.29, 1.82) is 0 Å². The number of amides is 2. The van der Waals surface area contributed by atoms with E-state index in [1.807, 2.05) is 31.2 Å². The molecule has 31 heavy (non-hydrogen) atoms. The van der Waals surface area contributed by atoms with Gasteiger partial charge in [-0.25, -0.2) is 9.78 Å². The summed E-state index contributed by atoms with van der Waals surface area (Å²) in [6.45, 7) is 1.96. The lowest BCUT2D eigenvalue weighted by molar-refractivity contribution is 0.103. The van der Waals surface area contributed by atoms with Gasteiger partial charge in [-0.2, -0.15) is 0 Å². The average molecular weight is 412 g/mol. The van der Waals surface area contributed by atoms with E-state index in [9.17, 15) is 9.59 Å². The number of urea groups is 1. The number of benzene rings is 3. The van der Waals surface area contributed by atoms with Crippen molar-refractivity contribution >= 4 is 23.2 Å². The van der Waals surface area contributed by atoms with Crippen LogP contribution in [0.3, 0.4) is 0 Å². The minimum atomic E-state index is -0.323. The molecule has 0 aliphatic rings. The Morgan fingerprint density at radius 3 is 2.19 bits per heavy atom. The van der Waals surface area contributed by atoms with Gasteiger partial charge in [0.25, 0.3) is 0 Å². The Morgan fingerprint density at radius 2 is 1.55 bits per heavy atom. The highest BCUT2D eigenvalue weighted by molar-refractivity contribution is 6.06. The second-order valence-electron chi connectivity index (χ2n) is 6.87. The van der Waals surface area contributed by atoms with Crippen LogP contribution in [0.1, 0.15) is 21.7 Å². The summed E-state index contributed by atoms with van der Waals surface area (Å²) in [5.41, 5.74) is 2.95. The molecule has 0 radical (unpaired) electrons. The molecule has 0 saturated heterocycles. The van der Waals surface area contributed by atoms with Crippen molar-refractivity contribution in [2.45, 2.75) is 6.92 Å². The lowest BCUT2D eigenvalue weighted by atomic mass is 10.1. The molecule has 154 valence electrons. The van der Waals surface area contributed by atoms with Crippen molar-refractivity contribution in [3.05, 3.63) is 102 Å². The van der Waals surface area contributed by atoms with E-state index in [1.165, 1.54) is 6.20 Å². The van der Waals surface area contributed by atoms with Crippen LogP contribution in [0.2, 0.25) is 0 Å². The Bertz CT molecular complexity index is 1180. The number of aromatic nitrogens is 2. The number of nitrogens with one attached hydrogen (secondary N) is 3. The van der Waals surface area contributed by atoms with Crippen LogP contribution in [0, 0.1) is 6.92 Å². The molecule has 7 heteroatoms. The number of rotatable bonds is 6. The Kier molecular flexibility index (Phi) is 5.75. The molecule has 4 aromatic rings. The molecule has 3 N–H and O–H groups in total. The van der Waals surface area contributed by atoms with Crippen molar-refractivity contribution in [3.8, 4) is 11.5 Å². The molecule has 1 aromatic heterocycles. The van der Waals surface area contributed by atoms with Crippen LogP contribution in [-0.2, 0) is 0 Å². The van der Waals surface area contributed by atoms with E-state index in [1.54, 1.807) is 54.7 Å². The van der Waals surface area contributed by atoms with Gasteiger partial charge in [-0.1, -0.05) is 12.1 Å². The first-order valence-corrected chi connectivity index (χ1v) is 9.63. The maximum atomic E-state index is 12.3. The Morgan fingerprint density at radius 1 is 0.871 bits per heavy atom. The monoisotopic (exact) mass is 412 g/mol. The van der Waals surface area contributed by atoms with E-state index in [2.05, 4.69) is 20.6 Å². The minimum absolute atomic E-state index is 0.184. The molecular formula is C24H20N4O3. The molecule has 0 bridgehead atoms. The van der Waals surface area contributed by atoms with Crippen molar-refractivity contribution in [2.75, 3.05) is 10.6 Å². The lowest BCUT2D eigenvalue weighted by Crippen LogP contribution is -2.19. The molecule has 0 atom stereocenters. The third-order valence-corrected chi connectivity index (χ3v) is 4.45. The van der Waals surface area contributed by atoms with Crippen molar-refractivity contribution in [3.63, 3.8) is 0 Å². The molecule has 2 amide bonds. The van der Waals surface area contributed by atoms with Gasteiger partial charge in [-0.15, -0.1) is 0 Å². The summed E-state index contributed by atoms with van der Waals surface area (Å²) in [6.07, 6.45) is 3.14. The van der Waals surface area contributed by atoms with Crippen LogP contribution < -0.4 is 15.4 Å². The number of ether oxygens (including phenoxy) is 1. The second-order valence-corrected chi connectivity index (χ2v) is 6.87. The van der Waals surface area contributed by atoms with Crippen LogP contribution in [0.5, 0.6) is 11.5 Å². The van der Waals surface area contributed by atoms with Crippen molar-refractivity contribution in [2.24, 2.45) is 0 Å². The van der Waals surface area contributed by atoms with Gasteiger partial charge in [0.1, 0.15) is 11.5 Å². The van der Waals surface area contributed by atoms with E-state index in [-0.39, 0.29) is 11.8 Å². The highest BCUT2D eigenvalue weighted by atomic mass is 16.5. The predicted octanol–water partition coefficient (Wildman–Crippen LogP) is 5.39. The zero-order valence-electron chi connectivity index (χ0n) is 16.8. The Labute approximate surface area is 179 Å². The van der Waals surface area contributed by atoms with E-state index in [0.29, 0.717) is 28.6 Å². The lowest BCUT2D eigenvalue weighted by Gasteiger charge is -2.10. The fourth-order valence-electron chi connectivity index (χ4n) is 2.96. The molecule has 4 rings (SSSR count). The fraction of sp³-hybridized carbons (Fsp3) is 0.0417. The van der Waals surface area contributed by atoms with E-state index in [0.717, 1.165) is 11.3 Å². The highest BCUT2D eigenvalue weighted by Crippen LogP contribution is 2.24. The molecule has 0 aliphatic heterocycles. The summed E-state index contributed by atoms with van der Waals surface area (Å²) in [4.78, 5) is 31.2. The molecular weight excluding hydrogens is 392 g/mol. The first-order valence-electron chi connectivity index (χ1n) is 9.63. The molecule has 1 heterocycles. The van der Waals surface area contributed by atoms with Gasteiger partial charge >= 0.3 is 6.03 Å².